The van der Waals surface area contributed by atoms with Crippen LogP contribution in [-0.4, -0.2) is 27.6 Å². The van der Waals surface area contributed by atoms with Crippen LogP contribution in [0.25, 0.3) is 0 Å². The van der Waals surface area contributed by atoms with E-state index in [1.807, 2.05) is 18.4 Å². The maximum Gasteiger partial charge on any atom is 0.133 e. The molecule has 0 amide bonds. The van der Waals surface area contributed by atoms with Gasteiger partial charge in [0.25, 0.3) is 0 Å². The van der Waals surface area contributed by atoms with Gasteiger partial charge in [0.2, 0.25) is 0 Å². The first kappa shape index (κ1) is 13.2. The number of hydroxylamine groups is 1. The zero-order valence-corrected chi connectivity index (χ0v) is 10.8. The third-order valence-electron chi connectivity index (χ3n) is 2.22. The molecule has 0 atom stereocenters. The summed E-state index contributed by atoms with van der Waals surface area (Å²) in [6.07, 6.45) is 2.01. The fourth-order valence-corrected chi connectivity index (χ4v) is 2.25. The zero-order valence-electron chi connectivity index (χ0n) is 9.99. The molecule has 0 saturated carbocycles. The van der Waals surface area contributed by atoms with Crippen molar-refractivity contribution in [2.24, 2.45) is 0 Å². The van der Waals surface area contributed by atoms with Crippen molar-refractivity contribution in [3.05, 3.63) is 17.7 Å². The summed E-state index contributed by atoms with van der Waals surface area (Å²) < 4.78 is 10.6. The number of hydrogen-bond acceptors (Lipinski definition) is 5. The van der Waals surface area contributed by atoms with Crippen molar-refractivity contribution in [1.82, 2.24) is 5.48 Å². The highest BCUT2D eigenvalue weighted by molar-refractivity contribution is 7.98. The van der Waals surface area contributed by atoms with Crippen molar-refractivity contribution in [2.75, 3.05) is 27.6 Å². The molecule has 90 valence electrons. The predicted octanol–water partition coefficient (Wildman–Crippen LogP) is 2.08. The Bertz CT molecular complexity index is 344. The summed E-state index contributed by atoms with van der Waals surface area (Å²) in [7, 11) is 4.91. The monoisotopic (exact) mass is 243 g/mol. The number of thioether (sulfide) groups is 1. The van der Waals surface area contributed by atoms with E-state index in [-0.39, 0.29) is 0 Å². The van der Waals surface area contributed by atoms with E-state index in [9.17, 15) is 0 Å². The van der Waals surface area contributed by atoms with Gasteiger partial charge in [-0.15, -0.1) is 11.8 Å². The van der Waals surface area contributed by atoms with Gasteiger partial charge in [0, 0.05) is 5.56 Å². The van der Waals surface area contributed by atoms with Crippen LogP contribution in [0, 0.1) is 0 Å². The van der Waals surface area contributed by atoms with E-state index in [1.165, 1.54) is 0 Å². The molecule has 0 aliphatic carbocycles. The van der Waals surface area contributed by atoms with Crippen LogP contribution in [0.5, 0.6) is 11.5 Å². The van der Waals surface area contributed by atoms with Gasteiger partial charge in [-0.3, -0.25) is 0 Å². The fraction of sp³-hybridized carbons (Fsp3) is 0.455. The quantitative estimate of drug-likeness (QED) is 0.612. The molecule has 4 nitrogen and oxygen atoms in total. The third kappa shape index (κ3) is 2.81. The van der Waals surface area contributed by atoms with Gasteiger partial charge in [0.1, 0.15) is 11.5 Å². The Kier molecular flexibility index (Phi) is 5.45. The van der Waals surface area contributed by atoms with Gasteiger partial charge in [0.05, 0.1) is 32.8 Å². The Morgan fingerprint density at radius 3 is 2.25 bits per heavy atom. The standard InChI is InChI=1S/C11H17NO3S/c1-13-9-5-6-10(14-2)11(16-4)8(9)7-12-15-3/h5-6,12H,7H2,1-4H3. The molecule has 1 aromatic rings. The third-order valence-corrected chi connectivity index (χ3v) is 3.07. The number of nitrogens with one attached hydrogen (secondary N) is 1. The van der Waals surface area contributed by atoms with E-state index >= 15 is 0 Å². The topological polar surface area (TPSA) is 39.7 Å². The van der Waals surface area contributed by atoms with Gasteiger partial charge in [-0.1, -0.05) is 0 Å². The Hall–Kier alpha value is -0.910. The lowest BCUT2D eigenvalue weighted by Gasteiger charge is -2.15. The number of ether oxygens (including phenoxy) is 2. The lowest BCUT2D eigenvalue weighted by atomic mass is 10.2. The minimum Gasteiger partial charge on any atom is -0.496 e. The van der Waals surface area contributed by atoms with Crippen molar-refractivity contribution >= 4 is 11.8 Å². The lowest BCUT2D eigenvalue weighted by Crippen LogP contribution is -2.12. The van der Waals surface area contributed by atoms with E-state index in [2.05, 4.69) is 5.48 Å². The van der Waals surface area contributed by atoms with E-state index in [1.54, 1.807) is 33.1 Å². The molecule has 1 aromatic carbocycles. The summed E-state index contributed by atoms with van der Waals surface area (Å²) in [5, 5.41) is 0. The second kappa shape index (κ2) is 6.62. The summed E-state index contributed by atoms with van der Waals surface area (Å²) in [6.45, 7) is 0.576. The van der Waals surface area contributed by atoms with Gasteiger partial charge in [-0.05, 0) is 18.4 Å². The second-order valence-corrected chi connectivity index (χ2v) is 3.82. The molecule has 0 aliphatic rings. The summed E-state index contributed by atoms with van der Waals surface area (Å²) in [5.74, 6) is 1.68. The average Bonchev–Trinajstić information content (AvgIpc) is 2.34. The number of rotatable bonds is 6. The molecular formula is C11H17NO3S. The molecule has 1 N–H and O–H groups in total. The molecule has 0 fully saturated rings. The van der Waals surface area contributed by atoms with E-state index in [4.69, 9.17) is 14.3 Å². The first-order valence-corrected chi connectivity index (χ1v) is 6.04. The van der Waals surface area contributed by atoms with Crippen LogP contribution in [-0.2, 0) is 11.4 Å². The highest BCUT2D eigenvalue weighted by Gasteiger charge is 2.13. The average molecular weight is 243 g/mol. The molecule has 0 heterocycles. The Morgan fingerprint density at radius 2 is 1.75 bits per heavy atom. The van der Waals surface area contributed by atoms with Crippen molar-refractivity contribution in [3.8, 4) is 11.5 Å². The summed E-state index contributed by atoms with van der Waals surface area (Å²) in [6, 6.07) is 3.80. The maximum absolute atomic E-state index is 5.32. The van der Waals surface area contributed by atoms with Crippen LogP contribution < -0.4 is 15.0 Å². The molecule has 0 bridgehead atoms. The van der Waals surface area contributed by atoms with E-state index < -0.39 is 0 Å². The van der Waals surface area contributed by atoms with Gasteiger partial charge in [0.15, 0.2) is 0 Å². The largest absolute Gasteiger partial charge is 0.496 e. The first-order valence-electron chi connectivity index (χ1n) is 4.82. The van der Waals surface area contributed by atoms with Gasteiger partial charge in [-0.25, -0.2) is 0 Å². The van der Waals surface area contributed by atoms with Crippen LogP contribution in [0.15, 0.2) is 17.0 Å². The number of benzene rings is 1. The predicted molar refractivity (Wildman–Crippen MR) is 65.2 cm³/mol. The van der Waals surface area contributed by atoms with Crippen LogP contribution in [0.1, 0.15) is 5.56 Å². The molecule has 1 rings (SSSR count). The summed E-state index contributed by atoms with van der Waals surface area (Å²) in [5.41, 5.74) is 3.85. The number of hydrogen-bond donors (Lipinski definition) is 1. The van der Waals surface area contributed by atoms with E-state index in [0.29, 0.717) is 6.54 Å². The molecular weight excluding hydrogens is 226 g/mol. The smallest absolute Gasteiger partial charge is 0.133 e. The minimum atomic E-state index is 0.576. The van der Waals surface area contributed by atoms with Gasteiger partial charge < -0.3 is 14.3 Å². The van der Waals surface area contributed by atoms with Crippen molar-refractivity contribution in [1.29, 1.82) is 0 Å². The van der Waals surface area contributed by atoms with Gasteiger partial charge in [-0.2, -0.15) is 5.48 Å². The van der Waals surface area contributed by atoms with Crippen LogP contribution in [0.3, 0.4) is 0 Å². The second-order valence-electron chi connectivity index (χ2n) is 3.01. The van der Waals surface area contributed by atoms with Crippen molar-refractivity contribution < 1.29 is 14.3 Å². The SMILES string of the molecule is CONCc1c(OC)ccc(OC)c1SC. The Labute approximate surface area is 100 Å². The maximum atomic E-state index is 5.32. The molecule has 0 saturated heterocycles. The van der Waals surface area contributed by atoms with Crippen molar-refractivity contribution in [3.63, 3.8) is 0 Å². The van der Waals surface area contributed by atoms with Crippen LogP contribution in [0.2, 0.25) is 0 Å². The highest BCUT2D eigenvalue weighted by Crippen LogP contribution is 2.36. The van der Waals surface area contributed by atoms with Crippen molar-refractivity contribution in [2.45, 2.75) is 11.4 Å². The first-order chi connectivity index (χ1) is 7.78. The Balaban J connectivity index is 3.14. The molecule has 16 heavy (non-hydrogen) atoms. The van der Waals surface area contributed by atoms with Gasteiger partial charge >= 0.3 is 0 Å². The fourth-order valence-electron chi connectivity index (χ4n) is 1.48. The molecule has 5 heteroatoms. The zero-order chi connectivity index (χ0) is 12.0. The molecule has 0 aliphatic heterocycles. The normalized spacial score (nSPS) is 10.2. The Morgan fingerprint density at radius 1 is 1.12 bits per heavy atom. The lowest BCUT2D eigenvalue weighted by molar-refractivity contribution is 0.0855. The molecule has 0 radical (unpaired) electrons. The van der Waals surface area contributed by atoms with E-state index in [0.717, 1.165) is 22.0 Å². The summed E-state index contributed by atoms with van der Waals surface area (Å²) >= 11 is 1.63. The molecule has 0 spiro atoms. The minimum absolute atomic E-state index is 0.576. The molecule has 0 aromatic heterocycles. The summed E-state index contributed by atoms with van der Waals surface area (Å²) in [4.78, 5) is 5.92. The highest BCUT2D eigenvalue weighted by atomic mass is 32.2. The number of methoxy groups -OCH3 is 2. The van der Waals surface area contributed by atoms with Crippen LogP contribution in [0.4, 0.5) is 0 Å². The van der Waals surface area contributed by atoms with Crippen LogP contribution >= 0.6 is 11.8 Å². The molecule has 0 unspecified atom stereocenters.